The average Bonchev–Trinajstić information content (AvgIpc) is 2.12. The summed E-state index contributed by atoms with van der Waals surface area (Å²) in [6.07, 6.45) is -4.42. The quantitative estimate of drug-likeness (QED) is 0.871. The Bertz CT molecular complexity index is 406. The van der Waals surface area contributed by atoms with Crippen molar-refractivity contribution >= 4 is 23.3 Å². The molecule has 0 radical (unpaired) electrons. The molecular weight excluding hydrogens is 247 g/mol. The Morgan fingerprint density at radius 3 is 2.56 bits per heavy atom. The lowest BCUT2D eigenvalue weighted by Gasteiger charge is -2.12. The van der Waals surface area contributed by atoms with Gasteiger partial charge in [-0.25, -0.2) is 4.79 Å². The van der Waals surface area contributed by atoms with Crippen molar-refractivity contribution in [2.45, 2.75) is 6.18 Å². The lowest BCUT2D eigenvalue weighted by Crippen LogP contribution is -2.22. The van der Waals surface area contributed by atoms with Crippen LogP contribution in [0.2, 0.25) is 5.02 Å². The maximum absolute atomic E-state index is 11.9. The van der Waals surface area contributed by atoms with Crippen molar-refractivity contribution in [1.82, 2.24) is 0 Å². The second kappa shape index (κ2) is 4.61. The molecular formula is C9H7ClF3NO2. The molecule has 0 amide bonds. The van der Waals surface area contributed by atoms with Gasteiger partial charge in [0.15, 0.2) is 0 Å². The first-order valence-corrected chi connectivity index (χ1v) is 4.51. The third kappa shape index (κ3) is 3.30. The Balaban J connectivity index is 2.96. The van der Waals surface area contributed by atoms with E-state index in [0.717, 1.165) is 0 Å². The van der Waals surface area contributed by atoms with Crippen LogP contribution in [0.1, 0.15) is 10.4 Å². The Labute approximate surface area is 93.8 Å². The topological polar surface area (TPSA) is 49.3 Å². The molecule has 0 heterocycles. The van der Waals surface area contributed by atoms with Crippen molar-refractivity contribution in [3.05, 3.63) is 28.8 Å². The van der Waals surface area contributed by atoms with Crippen LogP contribution >= 0.6 is 11.6 Å². The van der Waals surface area contributed by atoms with E-state index in [2.05, 4.69) is 0 Å². The molecule has 1 rings (SSSR count). The van der Waals surface area contributed by atoms with Crippen LogP contribution in [0.5, 0.6) is 0 Å². The van der Waals surface area contributed by atoms with Gasteiger partial charge in [0.1, 0.15) is 12.1 Å². The van der Waals surface area contributed by atoms with E-state index in [0.29, 0.717) is 0 Å². The third-order valence-corrected chi connectivity index (χ3v) is 2.02. The summed E-state index contributed by atoms with van der Waals surface area (Å²) in [6.45, 7) is -1.31. The van der Waals surface area contributed by atoms with Gasteiger partial charge in [0.2, 0.25) is 0 Å². The number of carboxylic acid groups (broad SMARTS) is 1. The van der Waals surface area contributed by atoms with Crippen molar-refractivity contribution in [1.29, 1.82) is 0 Å². The second-order valence-electron chi connectivity index (χ2n) is 2.94. The Kier molecular flexibility index (Phi) is 3.64. The number of carboxylic acids is 1. The minimum absolute atomic E-state index is 0.111. The third-order valence-electron chi connectivity index (χ3n) is 1.71. The van der Waals surface area contributed by atoms with Crippen molar-refractivity contribution in [2.75, 3.05) is 11.9 Å². The highest BCUT2D eigenvalue weighted by Crippen LogP contribution is 2.25. The molecule has 0 spiro atoms. The number of halogens is 4. The van der Waals surface area contributed by atoms with Gasteiger partial charge in [-0.05, 0) is 12.1 Å². The smallest absolute Gasteiger partial charge is 0.405 e. The van der Waals surface area contributed by atoms with E-state index in [4.69, 9.17) is 16.7 Å². The van der Waals surface area contributed by atoms with Gasteiger partial charge in [0.05, 0.1) is 10.7 Å². The van der Waals surface area contributed by atoms with Gasteiger partial charge < -0.3 is 10.4 Å². The van der Waals surface area contributed by atoms with Gasteiger partial charge in [-0.1, -0.05) is 17.7 Å². The van der Waals surface area contributed by atoms with E-state index in [9.17, 15) is 18.0 Å². The summed E-state index contributed by atoms with van der Waals surface area (Å²) in [5.41, 5.74) is -0.522. The molecule has 1 aromatic carbocycles. The number of nitrogens with one attached hydrogen (secondary N) is 1. The molecule has 16 heavy (non-hydrogen) atoms. The highest BCUT2D eigenvalue weighted by Gasteiger charge is 2.27. The summed E-state index contributed by atoms with van der Waals surface area (Å²) in [6, 6.07) is 3.89. The number of benzene rings is 1. The highest BCUT2D eigenvalue weighted by atomic mass is 35.5. The number of alkyl halides is 3. The van der Waals surface area contributed by atoms with Crippen LogP contribution in [-0.4, -0.2) is 23.8 Å². The molecule has 0 fully saturated rings. The molecule has 0 aliphatic carbocycles. The molecule has 0 saturated heterocycles. The Morgan fingerprint density at radius 1 is 1.44 bits per heavy atom. The standard InChI is InChI=1S/C9H7ClF3NO2/c10-5-2-1-3-6(7(5)8(15)16)14-4-9(11,12)13/h1-3,14H,4H2,(H,15,16). The van der Waals surface area contributed by atoms with Gasteiger partial charge in [0, 0.05) is 0 Å². The molecule has 88 valence electrons. The summed E-state index contributed by atoms with van der Waals surface area (Å²) in [7, 11) is 0. The molecule has 2 N–H and O–H groups in total. The number of hydrogen-bond acceptors (Lipinski definition) is 2. The minimum atomic E-state index is -4.42. The largest absolute Gasteiger partial charge is 0.478 e. The maximum atomic E-state index is 11.9. The highest BCUT2D eigenvalue weighted by molar-refractivity contribution is 6.34. The summed E-state index contributed by atoms with van der Waals surface area (Å²) in [4.78, 5) is 10.8. The zero-order chi connectivity index (χ0) is 12.3. The van der Waals surface area contributed by atoms with E-state index < -0.39 is 18.7 Å². The zero-order valence-electron chi connectivity index (χ0n) is 7.81. The van der Waals surface area contributed by atoms with Crippen LogP contribution in [0.25, 0.3) is 0 Å². The normalized spacial score (nSPS) is 11.2. The first kappa shape index (κ1) is 12.6. The van der Waals surface area contributed by atoms with E-state index >= 15 is 0 Å². The van der Waals surface area contributed by atoms with Crippen LogP contribution in [-0.2, 0) is 0 Å². The SMILES string of the molecule is O=C(O)c1c(Cl)cccc1NCC(F)(F)F. The van der Waals surface area contributed by atoms with Gasteiger partial charge in [-0.2, -0.15) is 13.2 Å². The Morgan fingerprint density at radius 2 is 2.06 bits per heavy atom. The van der Waals surface area contributed by atoms with E-state index in [1.807, 2.05) is 5.32 Å². The molecule has 1 aromatic rings. The molecule has 0 aliphatic rings. The molecule has 0 atom stereocenters. The van der Waals surface area contributed by atoms with Gasteiger partial charge in [-0.3, -0.25) is 0 Å². The van der Waals surface area contributed by atoms with Gasteiger partial charge >= 0.3 is 12.1 Å². The molecule has 0 unspecified atom stereocenters. The second-order valence-corrected chi connectivity index (χ2v) is 3.34. The molecule has 3 nitrogen and oxygen atoms in total. The van der Waals surface area contributed by atoms with Crippen LogP contribution in [0.15, 0.2) is 18.2 Å². The van der Waals surface area contributed by atoms with Crippen molar-refractivity contribution in [3.63, 3.8) is 0 Å². The zero-order valence-corrected chi connectivity index (χ0v) is 8.56. The minimum Gasteiger partial charge on any atom is -0.478 e. The number of carbonyl (C=O) groups is 1. The monoisotopic (exact) mass is 253 g/mol. The maximum Gasteiger partial charge on any atom is 0.405 e. The van der Waals surface area contributed by atoms with Crippen LogP contribution in [0.4, 0.5) is 18.9 Å². The fraction of sp³-hybridized carbons (Fsp3) is 0.222. The predicted octanol–water partition coefficient (Wildman–Crippen LogP) is 3.01. The molecule has 0 bridgehead atoms. The van der Waals surface area contributed by atoms with Crippen LogP contribution in [0.3, 0.4) is 0 Å². The van der Waals surface area contributed by atoms with Crippen molar-refractivity contribution in [3.8, 4) is 0 Å². The molecule has 0 saturated carbocycles. The molecule has 0 aromatic heterocycles. The summed E-state index contributed by atoms with van der Waals surface area (Å²) < 4.78 is 35.8. The van der Waals surface area contributed by atoms with Crippen molar-refractivity contribution in [2.24, 2.45) is 0 Å². The first-order chi connectivity index (χ1) is 7.31. The van der Waals surface area contributed by atoms with Crippen molar-refractivity contribution < 1.29 is 23.1 Å². The summed E-state index contributed by atoms with van der Waals surface area (Å²) in [5, 5.41) is 10.6. The van der Waals surface area contributed by atoms with E-state index in [1.165, 1.54) is 18.2 Å². The van der Waals surface area contributed by atoms with Crippen LogP contribution in [0, 0.1) is 0 Å². The first-order valence-electron chi connectivity index (χ1n) is 4.13. The van der Waals surface area contributed by atoms with Gasteiger partial charge in [-0.15, -0.1) is 0 Å². The summed E-state index contributed by atoms with van der Waals surface area (Å²) in [5.74, 6) is -1.38. The van der Waals surface area contributed by atoms with E-state index in [1.54, 1.807) is 0 Å². The van der Waals surface area contributed by atoms with E-state index in [-0.39, 0.29) is 16.3 Å². The number of hydrogen-bond donors (Lipinski definition) is 2. The average molecular weight is 254 g/mol. The number of anilines is 1. The fourth-order valence-electron chi connectivity index (χ4n) is 1.08. The predicted molar refractivity (Wildman–Crippen MR) is 53.0 cm³/mol. The molecule has 7 heteroatoms. The summed E-state index contributed by atoms with van der Waals surface area (Å²) >= 11 is 5.57. The molecule has 0 aliphatic heterocycles. The number of aromatic carboxylic acids is 1. The fourth-order valence-corrected chi connectivity index (χ4v) is 1.34. The number of rotatable bonds is 3. The van der Waals surface area contributed by atoms with Crippen LogP contribution < -0.4 is 5.32 Å². The van der Waals surface area contributed by atoms with Gasteiger partial charge in [0.25, 0.3) is 0 Å². The lowest BCUT2D eigenvalue weighted by atomic mass is 10.2. The Hall–Kier alpha value is -1.43. The lowest BCUT2D eigenvalue weighted by molar-refractivity contribution is -0.115.